The number of pyridine rings is 2. The van der Waals surface area contributed by atoms with Crippen molar-refractivity contribution in [3.05, 3.63) is 58.6 Å². The van der Waals surface area contributed by atoms with E-state index in [9.17, 15) is 5.11 Å². The van der Waals surface area contributed by atoms with Gasteiger partial charge in [-0.05, 0) is 25.1 Å². The SMILES string of the molecule is Cc1ccc(C(O)c2c[nH]c3ncccc23)c(Cl)n1. The monoisotopic (exact) mass is 273 g/mol. The average Bonchev–Trinajstić information content (AvgIpc) is 2.82. The first-order valence-electron chi connectivity index (χ1n) is 5.90. The van der Waals surface area contributed by atoms with Gasteiger partial charge in [-0.3, -0.25) is 0 Å². The summed E-state index contributed by atoms with van der Waals surface area (Å²) in [5, 5.41) is 11.7. The minimum Gasteiger partial charge on any atom is -0.383 e. The Balaban J connectivity index is 2.10. The molecule has 1 atom stereocenters. The zero-order chi connectivity index (χ0) is 13.4. The van der Waals surface area contributed by atoms with Crippen LogP contribution in [-0.2, 0) is 0 Å². The Morgan fingerprint density at radius 3 is 2.89 bits per heavy atom. The zero-order valence-corrected chi connectivity index (χ0v) is 11.0. The molecule has 4 nitrogen and oxygen atoms in total. The molecular weight excluding hydrogens is 262 g/mol. The van der Waals surface area contributed by atoms with Gasteiger partial charge in [0, 0.05) is 34.6 Å². The molecule has 0 radical (unpaired) electrons. The van der Waals surface area contributed by atoms with E-state index in [1.807, 2.05) is 25.1 Å². The molecule has 0 fully saturated rings. The molecule has 5 heteroatoms. The summed E-state index contributed by atoms with van der Waals surface area (Å²) in [6, 6.07) is 7.37. The summed E-state index contributed by atoms with van der Waals surface area (Å²) < 4.78 is 0. The second-order valence-electron chi connectivity index (χ2n) is 4.38. The molecule has 0 bridgehead atoms. The molecule has 19 heavy (non-hydrogen) atoms. The van der Waals surface area contributed by atoms with Gasteiger partial charge < -0.3 is 10.1 Å². The fourth-order valence-corrected chi connectivity index (χ4v) is 2.41. The van der Waals surface area contributed by atoms with Crippen molar-refractivity contribution in [1.29, 1.82) is 0 Å². The van der Waals surface area contributed by atoms with Crippen molar-refractivity contribution in [2.24, 2.45) is 0 Å². The van der Waals surface area contributed by atoms with Crippen LogP contribution in [0, 0.1) is 6.92 Å². The van der Waals surface area contributed by atoms with Crippen LogP contribution in [0.4, 0.5) is 0 Å². The molecule has 3 rings (SSSR count). The standard InChI is InChI=1S/C14H12ClN3O/c1-8-4-5-10(13(15)18-8)12(19)11-7-17-14-9(11)3-2-6-16-14/h2-7,12,19H,1H3,(H,16,17). The lowest BCUT2D eigenvalue weighted by Gasteiger charge is -2.11. The summed E-state index contributed by atoms with van der Waals surface area (Å²) in [5.74, 6) is 0. The second kappa shape index (κ2) is 4.64. The Morgan fingerprint density at radius 1 is 1.26 bits per heavy atom. The van der Waals surface area contributed by atoms with Gasteiger partial charge in [0.1, 0.15) is 16.9 Å². The van der Waals surface area contributed by atoms with Gasteiger partial charge in [-0.1, -0.05) is 17.7 Å². The molecule has 0 aliphatic carbocycles. The molecule has 96 valence electrons. The Bertz CT molecular complexity index is 738. The number of halogens is 1. The van der Waals surface area contributed by atoms with E-state index in [0.717, 1.165) is 22.3 Å². The number of fused-ring (bicyclic) bond motifs is 1. The molecule has 0 amide bonds. The molecule has 0 aliphatic heterocycles. The minimum atomic E-state index is -0.821. The number of aliphatic hydroxyl groups excluding tert-OH is 1. The highest BCUT2D eigenvalue weighted by molar-refractivity contribution is 6.30. The number of nitrogens with one attached hydrogen (secondary N) is 1. The first-order valence-corrected chi connectivity index (χ1v) is 6.27. The molecule has 1 unspecified atom stereocenters. The molecule has 3 heterocycles. The lowest BCUT2D eigenvalue weighted by Crippen LogP contribution is -2.01. The van der Waals surface area contributed by atoms with Crippen LogP contribution in [0.15, 0.2) is 36.7 Å². The summed E-state index contributed by atoms with van der Waals surface area (Å²) in [7, 11) is 0. The van der Waals surface area contributed by atoms with Crippen molar-refractivity contribution in [3.8, 4) is 0 Å². The Morgan fingerprint density at radius 2 is 2.11 bits per heavy atom. The van der Waals surface area contributed by atoms with Gasteiger partial charge >= 0.3 is 0 Å². The molecule has 0 aromatic carbocycles. The first-order chi connectivity index (χ1) is 9.16. The quantitative estimate of drug-likeness (QED) is 0.706. The smallest absolute Gasteiger partial charge is 0.137 e. The number of aromatic nitrogens is 3. The third-order valence-electron chi connectivity index (χ3n) is 3.09. The summed E-state index contributed by atoms with van der Waals surface area (Å²) in [5.41, 5.74) is 2.90. The summed E-state index contributed by atoms with van der Waals surface area (Å²) in [6.07, 6.45) is 2.63. The van der Waals surface area contributed by atoms with Gasteiger partial charge in [-0.2, -0.15) is 0 Å². The van der Waals surface area contributed by atoms with E-state index in [4.69, 9.17) is 11.6 Å². The lowest BCUT2D eigenvalue weighted by molar-refractivity contribution is 0.221. The average molecular weight is 274 g/mol. The van der Waals surface area contributed by atoms with E-state index in [1.54, 1.807) is 18.5 Å². The van der Waals surface area contributed by atoms with Gasteiger partial charge in [0.15, 0.2) is 0 Å². The van der Waals surface area contributed by atoms with E-state index in [0.29, 0.717) is 10.7 Å². The summed E-state index contributed by atoms with van der Waals surface area (Å²) in [6.45, 7) is 1.86. The topological polar surface area (TPSA) is 61.8 Å². The predicted octanol–water partition coefficient (Wildman–Crippen LogP) is 3.00. The highest BCUT2D eigenvalue weighted by atomic mass is 35.5. The number of H-pyrrole nitrogens is 1. The van der Waals surface area contributed by atoms with Crippen LogP contribution in [0.1, 0.15) is 22.9 Å². The van der Waals surface area contributed by atoms with Gasteiger partial charge in [-0.25, -0.2) is 9.97 Å². The molecular formula is C14H12ClN3O. The van der Waals surface area contributed by atoms with Crippen LogP contribution in [0.3, 0.4) is 0 Å². The van der Waals surface area contributed by atoms with Gasteiger partial charge in [0.25, 0.3) is 0 Å². The second-order valence-corrected chi connectivity index (χ2v) is 4.74. The zero-order valence-electron chi connectivity index (χ0n) is 10.3. The highest BCUT2D eigenvalue weighted by Crippen LogP contribution is 2.31. The molecule has 0 spiro atoms. The van der Waals surface area contributed by atoms with Gasteiger partial charge in [0.2, 0.25) is 0 Å². The fraction of sp³-hybridized carbons (Fsp3) is 0.143. The third kappa shape index (κ3) is 2.09. The van der Waals surface area contributed by atoms with E-state index < -0.39 is 6.10 Å². The normalized spacial score (nSPS) is 12.8. The number of aryl methyl sites for hydroxylation is 1. The van der Waals surface area contributed by atoms with Gasteiger partial charge in [0.05, 0.1) is 0 Å². The molecule has 0 aliphatic rings. The van der Waals surface area contributed by atoms with Crippen molar-refractivity contribution in [1.82, 2.24) is 15.0 Å². The first kappa shape index (κ1) is 12.1. The molecule has 3 aromatic heterocycles. The maximum Gasteiger partial charge on any atom is 0.137 e. The van der Waals surface area contributed by atoms with Crippen molar-refractivity contribution in [3.63, 3.8) is 0 Å². The van der Waals surface area contributed by atoms with Crippen LogP contribution in [0.5, 0.6) is 0 Å². The van der Waals surface area contributed by atoms with Crippen LogP contribution >= 0.6 is 11.6 Å². The fourth-order valence-electron chi connectivity index (χ4n) is 2.11. The molecule has 3 aromatic rings. The Labute approximate surface area is 115 Å². The Hall–Kier alpha value is -1.91. The number of hydrogen-bond acceptors (Lipinski definition) is 3. The van der Waals surface area contributed by atoms with Gasteiger partial charge in [-0.15, -0.1) is 0 Å². The number of hydrogen-bond donors (Lipinski definition) is 2. The van der Waals surface area contributed by atoms with E-state index in [2.05, 4.69) is 15.0 Å². The predicted molar refractivity (Wildman–Crippen MR) is 74.1 cm³/mol. The van der Waals surface area contributed by atoms with Crippen molar-refractivity contribution in [2.75, 3.05) is 0 Å². The number of nitrogens with zero attached hydrogens (tertiary/aromatic N) is 2. The lowest BCUT2D eigenvalue weighted by atomic mass is 10.0. The van der Waals surface area contributed by atoms with Crippen LogP contribution in [0.2, 0.25) is 5.15 Å². The van der Waals surface area contributed by atoms with E-state index in [-0.39, 0.29) is 0 Å². The van der Waals surface area contributed by atoms with E-state index >= 15 is 0 Å². The number of aromatic amines is 1. The number of aliphatic hydroxyl groups is 1. The minimum absolute atomic E-state index is 0.325. The number of rotatable bonds is 2. The van der Waals surface area contributed by atoms with Crippen LogP contribution < -0.4 is 0 Å². The highest BCUT2D eigenvalue weighted by Gasteiger charge is 2.18. The summed E-state index contributed by atoms with van der Waals surface area (Å²) in [4.78, 5) is 11.4. The Kier molecular flexibility index (Phi) is 2.97. The maximum absolute atomic E-state index is 10.5. The third-order valence-corrected chi connectivity index (χ3v) is 3.39. The van der Waals surface area contributed by atoms with Crippen LogP contribution in [0.25, 0.3) is 11.0 Å². The largest absolute Gasteiger partial charge is 0.383 e. The molecule has 0 saturated carbocycles. The molecule has 0 saturated heterocycles. The van der Waals surface area contributed by atoms with Crippen LogP contribution in [-0.4, -0.2) is 20.1 Å². The van der Waals surface area contributed by atoms with Crippen molar-refractivity contribution < 1.29 is 5.11 Å². The summed E-state index contributed by atoms with van der Waals surface area (Å²) >= 11 is 6.10. The van der Waals surface area contributed by atoms with Crippen molar-refractivity contribution in [2.45, 2.75) is 13.0 Å². The van der Waals surface area contributed by atoms with E-state index in [1.165, 1.54) is 0 Å². The molecule has 2 N–H and O–H groups in total. The van der Waals surface area contributed by atoms with Crippen molar-refractivity contribution >= 4 is 22.6 Å². The maximum atomic E-state index is 10.5.